The molecular formula is C12H17N3O3S. The maximum atomic E-state index is 11.0. The molecule has 0 amide bonds. The summed E-state index contributed by atoms with van der Waals surface area (Å²) in [4.78, 5) is 10.5. The number of rotatable bonds is 5. The van der Waals surface area contributed by atoms with Crippen molar-refractivity contribution < 1.29 is 9.66 Å². The molecule has 0 radical (unpaired) electrons. The number of hydrogen-bond acceptors (Lipinski definition) is 4. The van der Waals surface area contributed by atoms with Gasteiger partial charge >= 0.3 is 0 Å². The van der Waals surface area contributed by atoms with Crippen molar-refractivity contribution in [1.29, 1.82) is 0 Å². The smallest absolute Gasteiger partial charge is 0.296 e. The Hall–Kier alpha value is -1.89. The molecular weight excluding hydrogens is 266 g/mol. The van der Waals surface area contributed by atoms with E-state index in [4.69, 9.17) is 17.0 Å². The molecule has 19 heavy (non-hydrogen) atoms. The minimum Gasteiger partial charge on any atom is -0.496 e. The highest BCUT2D eigenvalue weighted by Crippen LogP contribution is 2.28. The predicted molar refractivity (Wildman–Crippen MR) is 78.7 cm³/mol. The van der Waals surface area contributed by atoms with Gasteiger partial charge in [-0.3, -0.25) is 10.1 Å². The van der Waals surface area contributed by atoms with Crippen molar-refractivity contribution in [1.82, 2.24) is 5.32 Å². The third kappa shape index (κ3) is 4.70. The molecule has 0 aromatic heterocycles. The highest BCUT2D eigenvalue weighted by Gasteiger charge is 2.15. The van der Waals surface area contributed by atoms with Crippen LogP contribution in [0.25, 0.3) is 0 Å². The number of methoxy groups -OCH3 is 1. The largest absolute Gasteiger partial charge is 0.496 e. The molecule has 1 aromatic carbocycles. The summed E-state index contributed by atoms with van der Waals surface area (Å²) in [5.41, 5.74) is 0.264. The van der Waals surface area contributed by atoms with E-state index >= 15 is 0 Å². The van der Waals surface area contributed by atoms with Crippen LogP contribution in [0.3, 0.4) is 0 Å². The zero-order chi connectivity index (χ0) is 14.4. The van der Waals surface area contributed by atoms with Crippen LogP contribution in [0.1, 0.15) is 13.8 Å². The third-order valence-corrected chi connectivity index (χ3v) is 2.57. The number of benzene rings is 1. The van der Waals surface area contributed by atoms with Gasteiger partial charge in [0.05, 0.1) is 18.1 Å². The fourth-order valence-corrected chi connectivity index (χ4v) is 1.55. The van der Waals surface area contributed by atoms with Crippen molar-refractivity contribution in [3.05, 3.63) is 28.3 Å². The van der Waals surface area contributed by atoms with Gasteiger partial charge in [-0.25, -0.2) is 0 Å². The average molecular weight is 283 g/mol. The number of nitrogens with zero attached hydrogens (tertiary/aromatic N) is 1. The summed E-state index contributed by atoms with van der Waals surface area (Å²) in [7, 11) is 1.46. The van der Waals surface area contributed by atoms with Gasteiger partial charge in [0.15, 0.2) is 5.11 Å². The molecule has 104 valence electrons. The Bertz CT molecular complexity index is 477. The number of hydrogen-bond donors (Lipinski definition) is 2. The van der Waals surface area contributed by atoms with Crippen molar-refractivity contribution in [2.75, 3.05) is 19.0 Å². The molecule has 1 aromatic rings. The number of nitro benzene ring substituents is 1. The topological polar surface area (TPSA) is 76.4 Å². The van der Waals surface area contributed by atoms with Crippen LogP contribution in [0, 0.1) is 16.0 Å². The predicted octanol–water partition coefficient (Wildman–Crippen LogP) is 2.55. The standard InChI is InChI=1S/C12H17N3O3S/c1-8(2)7-13-12(19)14-10-5-4-9(18-3)6-11(10)15(16)17/h4-6,8H,7H2,1-3H3,(H2,13,14,19). The van der Waals surface area contributed by atoms with E-state index in [9.17, 15) is 10.1 Å². The number of anilines is 1. The van der Waals surface area contributed by atoms with Gasteiger partial charge < -0.3 is 15.4 Å². The Morgan fingerprint density at radius 1 is 1.53 bits per heavy atom. The van der Waals surface area contributed by atoms with Crippen LogP contribution in [0.4, 0.5) is 11.4 Å². The second kappa shape index (κ2) is 6.89. The van der Waals surface area contributed by atoms with E-state index in [1.54, 1.807) is 12.1 Å². The Morgan fingerprint density at radius 3 is 2.74 bits per heavy atom. The minimum atomic E-state index is -0.476. The summed E-state index contributed by atoms with van der Waals surface area (Å²) >= 11 is 5.09. The van der Waals surface area contributed by atoms with Gasteiger partial charge in [-0.05, 0) is 30.3 Å². The molecule has 0 aliphatic heterocycles. The lowest BCUT2D eigenvalue weighted by molar-refractivity contribution is -0.384. The molecule has 0 aliphatic carbocycles. The quantitative estimate of drug-likeness (QED) is 0.491. The molecule has 0 atom stereocenters. The highest BCUT2D eigenvalue weighted by molar-refractivity contribution is 7.80. The zero-order valence-electron chi connectivity index (χ0n) is 11.1. The molecule has 0 bridgehead atoms. The Kier molecular flexibility index (Phi) is 5.50. The summed E-state index contributed by atoms with van der Waals surface area (Å²) in [6.07, 6.45) is 0. The van der Waals surface area contributed by atoms with Crippen molar-refractivity contribution in [2.45, 2.75) is 13.8 Å². The first kappa shape index (κ1) is 15.2. The lowest BCUT2D eigenvalue weighted by Crippen LogP contribution is -2.31. The van der Waals surface area contributed by atoms with E-state index < -0.39 is 4.92 Å². The van der Waals surface area contributed by atoms with Crippen LogP contribution in [-0.2, 0) is 0 Å². The van der Waals surface area contributed by atoms with Crippen molar-refractivity contribution in [3.8, 4) is 5.75 Å². The van der Waals surface area contributed by atoms with Crippen molar-refractivity contribution in [3.63, 3.8) is 0 Å². The van der Waals surface area contributed by atoms with Gasteiger partial charge in [0, 0.05) is 6.54 Å². The number of nitro groups is 1. The monoisotopic (exact) mass is 283 g/mol. The van der Waals surface area contributed by atoms with Crippen LogP contribution in [0.15, 0.2) is 18.2 Å². The lowest BCUT2D eigenvalue weighted by Gasteiger charge is -2.12. The Balaban J connectivity index is 2.82. The molecule has 0 heterocycles. The summed E-state index contributed by atoms with van der Waals surface area (Å²) in [5, 5.41) is 17.2. The van der Waals surface area contributed by atoms with Gasteiger partial charge in [0.25, 0.3) is 5.69 Å². The fraction of sp³-hybridized carbons (Fsp3) is 0.417. The van der Waals surface area contributed by atoms with Crippen molar-refractivity contribution >= 4 is 28.7 Å². The lowest BCUT2D eigenvalue weighted by atomic mass is 10.2. The van der Waals surface area contributed by atoms with Gasteiger partial charge in [-0.2, -0.15) is 0 Å². The van der Waals surface area contributed by atoms with E-state index in [-0.39, 0.29) is 5.69 Å². The molecule has 1 rings (SSSR count). The van der Waals surface area contributed by atoms with E-state index in [2.05, 4.69) is 10.6 Å². The number of nitrogens with one attached hydrogen (secondary N) is 2. The molecule has 6 nitrogen and oxygen atoms in total. The van der Waals surface area contributed by atoms with E-state index in [1.165, 1.54) is 13.2 Å². The first-order valence-electron chi connectivity index (χ1n) is 5.81. The van der Waals surface area contributed by atoms with Crippen LogP contribution < -0.4 is 15.4 Å². The van der Waals surface area contributed by atoms with Crippen LogP contribution in [-0.4, -0.2) is 23.7 Å². The zero-order valence-corrected chi connectivity index (χ0v) is 11.9. The summed E-state index contributed by atoms with van der Waals surface area (Å²) < 4.78 is 4.96. The summed E-state index contributed by atoms with van der Waals surface area (Å²) in [6, 6.07) is 4.56. The summed E-state index contributed by atoms with van der Waals surface area (Å²) in [5.74, 6) is 0.865. The molecule has 0 saturated carbocycles. The van der Waals surface area contributed by atoms with Gasteiger partial charge in [0.2, 0.25) is 0 Å². The van der Waals surface area contributed by atoms with Gasteiger partial charge in [-0.15, -0.1) is 0 Å². The average Bonchev–Trinajstić information content (AvgIpc) is 2.36. The maximum absolute atomic E-state index is 11.0. The summed E-state index contributed by atoms with van der Waals surface area (Å²) in [6.45, 7) is 4.80. The molecule has 0 saturated heterocycles. The van der Waals surface area contributed by atoms with Gasteiger partial charge in [0.1, 0.15) is 11.4 Å². The number of ether oxygens (including phenoxy) is 1. The Labute approximate surface area is 117 Å². The van der Waals surface area contributed by atoms with E-state index in [1.807, 2.05) is 13.8 Å². The molecule has 2 N–H and O–H groups in total. The SMILES string of the molecule is COc1ccc(NC(=S)NCC(C)C)c([N+](=O)[O-])c1. The van der Waals surface area contributed by atoms with Gasteiger partial charge in [-0.1, -0.05) is 13.8 Å². The molecule has 0 fully saturated rings. The van der Waals surface area contributed by atoms with Crippen LogP contribution >= 0.6 is 12.2 Å². The Morgan fingerprint density at radius 2 is 2.21 bits per heavy atom. The molecule has 0 unspecified atom stereocenters. The normalized spacial score (nSPS) is 10.1. The van der Waals surface area contributed by atoms with Crippen LogP contribution in [0.5, 0.6) is 5.75 Å². The molecule has 7 heteroatoms. The maximum Gasteiger partial charge on any atom is 0.296 e. The second-order valence-corrected chi connectivity index (χ2v) is 4.78. The first-order valence-corrected chi connectivity index (χ1v) is 6.22. The van der Waals surface area contributed by atoms with E-state index in [0.717, 1.165) is 0 Å². The fourth-order valence-electron chi connectivity index (χ4n) is 1.36. The second-order valence-electron chi connectivity index (χ2n) is 4.37. The third-order valence-electron chi connectivity index (χ3n) is 2.32. The van der Waals surface area contributed by atoms with Crippen molar-refractivity contribution in [2.24, 2.45) is 5.92 Å². The van der Waals surface area contributed by atoms with E-state index in [0.29, 0.717) is 29.0 Å². The number of thiocarbonyl (C=S) groups is 1. The van der Waals surface area contributed by atoms with Crippen LogP contribution in [0.2, 0.25) is 0 Å². The first-order chi connectivity index (χ1) is 8.93. The highest BCUT2D eigenvalue weighted by atomic mass is 32.1. The molecule has 0 spiro atoms. The minimum absolute atomic E-state index is 0.0759. The molecule has 0 aliphatic rings.